The van der Waals surface area contributed by atoms with E-state index in [0.717, 1.165) is 6.42 Å². The van der Waals surface area contributed by atoms with Crippen molar-refractivity contribution in [2.24, 2.45) is 5.41 Å². The largest absolute Gasteiger partial charge is 0.480 e. The number of hydrogen-bond donors (Lipinski definition) is 1. The highest BCUT2D eigenvalue weighted by atomic mass is 35.5. The molecule has 0 aliphatic heterocycles. The van der Waals surface area contributed by atoms with Crippen molar-refractivity contribution in [2.75, 3.05) is 13.2 Å². The zero-order valence-electron chi connectivity index (χ0n) is 8.34. The average molecular weight is 209 g/mol. The van der Waals surface area contributed by atoms with Crippen molar-refractivity contribution in [3.05, 3.63) is 0 Å². The average Bonchev–Trinajstić information content (AvgIpc) is 1.95. The third kappa shape index (κ3) is 8.06. The van der Waals surface area contributed by atoms with Crippen molar-refractivity contribution >= 4 is 17.6 Å². The topological polar surface area (TPSA) is 46.5 Å². The fourth-order valence-corrected chi connectivity index (χ4v) is 0.726. The molecule has 0 aromatic carbocycles. The van der Waals surface area contributed by atoms with E-state index in [0.29, 0.717) is 6.61 Å². The van der Waals surface area contributed by atoms with Crippen LogP contribution in [0.5, 0.6) is 0 Å². The molecule has 0 aromatic heterocycles. The van der Waals surface area contributed by atoms with E-state index in [4.69, 9.17) is 21.4 Å². The lowest BCUT2D eigenvalue weighted by Gasteiger charge is -2.17. The molecule has 0 rings (SSSR count). The van der Waals surface area contributed by atoms with Crippen LogP contribution in [0.4, 0.5) is 0 Å². The summed E-state index contributed by atoms with van der Waals surface area (Å²) < 4.78 is 5.12. The van der Waals surface area contributed by atoms with Gasteiger partial charge in [-0.3, -0.25) is 4.79 Å². The number of carboxylic acid groups (broad SMARTS) is 1. The van der Waals surface area contributed by atoms with Crippen LogP contribution in [0.25, 0.3) is 0 Å². The third-order valence-electron chi connectivity index (χ3n) is 1.53. The molecule has 4 heteroatoms. The first-order valence-electron chi connectivity index (χ1n) is 4.27. The van der Waals surface area contributed by atoms with Gasteiger partial charge in [0.05, 0.1) is 6.61 Å². The minimum Gasteiger partial charge on any atom is -0.480 e. The summed E-state index contributed by atoms with van der Waals surface area (Å²) in [6.45, 7) is 6.94. The molecule has 0 saturated carbocycles. The van der Waals surface area contributed by atoms with E-state index in [1.54, 1.807) is 0 Å². The highest BCUT2D eigenvalue weighted by molar-refractivity contribution is 6.29. The van der Waals surface area contributed by atoms with Gasteiger partial charge in [-0.15, -0.1) is 11.6 Å². The molecule has 1 atom stereocenters. The van der Waals surface area contributed by atoms with E-state index < -0.39 is 11.3 Å². The first-order chi connectivity index (χ1) is 5.83. The van der Waals surface area contributed by atoms with Crippen LogP contribution in [0.1, 0.15) is 27.2 Å². The lowest BCUT2D eigenvalue weighted by atomic mass is 9.93. The molecule has 13 heavy (non-hydrogen) atoms. The number of halogens is 1. The highest BCUT2D eigenvalue weighted by Gasteiger charge is 2.14. The molecule has 0 fully saturated rings. The second kappa shape index (κ2) is 5.45. The molecular weight excluding hydrogens is 192 g/mol. The monoisotopic (exact) mass is 208 g/mol. The van der Waals surface area contributed by atoms with Crippen LogP contribution in [0.3, 0.4) is 0 Å². The molecule has 0 radical (unpaired) electrons. The molecule has 0 aromatic rings. The standard InChI is InChI=1S/C9H17ClO3/c1-9(2,3)4-5-13-6-7(10)8(11)12/h7H,4-6H2,1-3H3,(H,11,12). The lowest BCUT2D eigenvalue weighted by molar-refractivity contribution is -0.137. The van der Waals surface area contributed by atoms with Gasteiger partial charge in [-0.2, -0.15) is 0 Å². The van der Waals surface area contributed by atoms with Crippen LogP contribution in [-0.4, -0.2) is 29.7 Å². The minimum absolute atomic E-state index is 0.0764. The van der Waals surface area contributed by atoms with Crippen molar-refractivity contribution in [1.29, 1.82) is 0 Å². The maximum Gasteiger partial charge on any atom is 0.324 e. The molecule has 1 unspecified atom stereocenters. The maximum absolute atomic E-state index is 10.3. The molecule has 78 valence electrons. The van der Waals surface area contributed by atoms with Crippen molar-refractivity contribution in [3.8, 4) is 0 Å². The van der Waals surface area contributed by atoms with Crippen molar-refractivity contribution in [1.82, 2.24) is 0 Å². The Labute approximate surface area is 84.0 Å². The second-order valence-corrected chi connectivity index (χ2v) is 4.72. The van der Waals surface area contributed by atoms with Gasteiger partial charge in [0.1, 0.15) is 0 Å². The van der Waals surface area contributed by atoms with Gasteiger partial charge in [-0.05, 0) is 11.8 Å². The van der Waals surface area contributed by atoms with Crippen LogP contribution in [0, 0.1) is 5.41 Å². The zero-order valence-corrected chi connectivity index (χ0v) is 9.10. The van der Waals surface area contributed by atoms with Gasteiger partial charge < -0.3 is 9.84 Å². The van der Waals surface area contributed by atoms with Crippen LogP contribution >= 0.6 is 11.6 Å². The second-order valence-electron chi connectivity index (χ2n) is 4.19. The molecule has 0 saturated heterocycles. The molecule has 1 N–H and O–H groups in total. The Morgan fingerprint density at radius 2 is 2.08 bits per heavy atom. The Hall–Kier alpha value is -0.280. The van der Waals surface area contributed by atoms with Crippen LogP contribution in [0.15, 0.2) is 0 Å². The molecule has 0 heterocycles. The SMILES string of the molecule is CC(C)(C)CCOCC(Cl)C(=O)O. The summed E-state index contributed by atoms with van der Waals surface area (Å²) in [7, 11) is 0. The van der Waals surface area contributed by atoms with Crippen molar-refractivity contribution < 1.29 is 14.6 Å². The maximum atomic E-state index is 10.3. The number of aliphatic carboxylic acids is 1. The Balaban J connectivity index is 3.41. The fourth-order valence-electron chi connectivity index (χ4n) is 0.636. The molecule has 0 aliphatic rings. The van der Waals surface area contributed by atoms with Gasteiger partial charge >= 0.3 is 5.97 Å². The van der Waals surface area contributed by atoms with Gasteiger partial charge in [0.2, 0.25) is 0 Å². The van der Waals surface area contributed by atoms with Crippen LogP contribution in [-0.2, 0) is 9.53 Å². The zero-order chi connectivity index (χ0) is 10.5. The van der Waals surface area contributed by atoms with Crippen molar-refractivity contribution in [2.45, 2.75) is 32.6 Å². The van der Waals surface area contributed by atoms with Gasteiger partial charge in [-0.1, -0.05) is 20.8 Å². The molecule has 0 spiro atoms. The summed E-state index contributed by atoms with van der Waals surface area (Å²) in [5, 5.41) is 7.50. The van der Waals surface area contributed by atoms with E-state index >= 15 is 0 Å². The predicted molar refractivity (Wildman–Crippen MR) is 52.2 cm³/mol. The number of carbonyl (C=O) groups is 1. The Morgan fingerprint density at radius 3 is 2.46 bits per heavy atom. The van der Waals surface area contributed by atoms with E-state index in [1.165, 1.54) is 0 Å². The first-order valence-corrected chi connectivity index (χ1v) is 4.71. The Kier molecular flexibility index (Phi) is 5.33. The molecule has 0 amide bonds. The first kappa shape index (κ1) is 12.7. The fraction of sp³-hybridized carbons (Fsp3) is 0.889. The summed E-state index contributed by atoms with van der Waals surface area (Å²) in [5.41, 5.74) is 0.213. The summed E-state index contributed by atoms with van der Waals surface area (Å²) >= 11 is 5.44. The smallest absolute Gasteiger partial charge is 0.324 e. The lowest BCUT2D eigenvalue weighted by Crippen LogP contribution is -2.21. The summed E-state index contributed by atoms with van der Waals surface area (Å²) in [4.78, 5) is 10.3. The van der Waals surface area contributed by atoms with E-state index in [-0.39, 0.29) is 12.0 Å². The van der Waals surface area contributed by atoms with Gasteiger partial charge in [-0.25, -0.2) is 0 Å². The van der Waals surface area contributed by atoms with E-state index in [1.807, 2.05) is 0 Å². The van der Waals surface area contributed by atoms with Gasteiger partial charge in [0, 0.05) is 6.61 Å². The number of rotatable bonds is 5. The number of ether oxygens (including phenoxy) is 1. The normalized spacial score (nSPS) is 14.2. The van der Waals surface area contributed by atoms with E-state index in [9.17, 15) is 4.79 Å². The van der Waals surface area contributed by atoms with E-state index in [2.05, 4.69) is 20.8 Å². The third-order valence-corrected chi connectivity index (χ3v) is 1.84. The number of hydrogen-bond acceptors (Lipinski definition) is 2. The molecule has 0 aliphatic carbocycles. The quantitative estimate of drug-likeness (QED) is 0.556. The van der Waals surface area contributed by atoms with Gasteiger partial charge in [0.25, 0.3) is 0 Å². The summed E-state index contributed by atoms with van der Waals surface area (Å²) in [5.74, 6) is -1.03. The van der Waals surface area contributed by atoms with Crippen LogP contribution < -0.4 is 0 Å². The predicted octanol–water partition coefficient (Wildman–Crippen LogP) is 2.13. The number of alkyl halides is 1. The van der Waals surface area contributed by atoms with Crippen molar-refractivity contribution in [3.63, 3.8) is 0 Å². The molecular formula is C9H17ClO3. The summed E-state index contributed by atoms with van der Waals surface area (Å²) in [6, 6.07) is 0. The highest BCUT2D eigenvalue weighted by Crippen LogP contribution is 2.17. The van der Waals surface area contributed by atoms with Gasteiger partial charge in [0.15, 0.2) is 5.38 Å². The Morgan fingerprint density at radius 1 is 1.54 bits per heavy atom. The molecule has 0 bridgehead atoms. The molecule has 3 nitrogen and oxygen atoms in total. The van der Waals surface area contributed by atoms with Crippen LogP contribution in [0.2, 0.25) is 0 Å². The minimum atomic E-state index is -1.03. The number of carboxylic acids is 1. The summed E-state index contributed by atoms with van der Waals surface area (Å²) in [6.07, 6.45) is 0.899. The Bertz CT molecular complexity index is 163.